The lowest BCUT2D eigenvalue weighted by Crippen LogP contribution is -2.45. The maximum atomic E-state index is 11.4. The first-order chi connectivity index (χ1) is 9.13. The van der Waals surface area contributed by atoms with Crippen LogP contribution in [0.25, 0.3) is 0 Å². The van der Waals surface area contributed by atoms with Crippen molar-refractivity contribution in [3.63, 3.8) is 0 Å². The van der Waals surface area contributed by atoms with Crippen molar-refractivity contribution in [3.05, 3.63) is 35.9 Å². The molecular formula is C16H23NO2. The summed E-state index contributed by atoms with van der Waals surface area (Å²) in [6.45, 7) is 2.99. The summed E-state index contributed by atoms with van der Waals surface area (Å²) in [5.74, 6) is -0.363. The van der Waals surface area contributed by atoms with E-state index in [0.717, 1.165) is 25.8 Å². The molecule has 0 heterocycles. The molecule has 1 fully saturated rings. The Hall–Kier alpha value is -1.35. The van der Waals surface area contributed by atoms with E-state index in [9.17, 15) is 9.90 Å². The number of carboxylic acid groups (broad SMARTS) is 1. The predicted octanol–water partition coefficient (Wildman–Crippen LogP) is 2.98. The number of hydrogen-bond donors (Lipinski definition) is 1. The van der Waals surface area contributed by atoms with Crippen molar-refractivity contribution >= 4 is 5.97 Å². The van der Waals surface area contributed by atoms with Gasteiger partial charge in [0.05, 0.1) is 5.92 Å². The van der Waals surface area contributed by atoms with E-state index >= 15 is 0 Å². The molecule has 3 atom stereocenters. The van der Waals surface area contributed by atoms with Crippen molar-refractivity contribution in [3.8, 4) is 0 Å². The monoisotopic (exact) mass is 261 g/mol. The van der Waals surface area contributed by atoms with Crippen molar-refractivity contribution in [2.24, 2.45) is 5.92 Å². The van der Waals surface area contributed by atoms with Crippen molar-refractivity contribution < 1.29 is 9.90 Å². The molecule has 0 saturated heterocycles. The van der Waals surface area contributed by atoms with Gasteiger partial charge in [-0.2, -0.15) is 0 Å². The Bertz CT molecular complexity index is 418. The topological polar surface area (TPSA) is 40.5 Å². The Morgan fingerprint density at radius 1 is 1.32 bits per heavy atom. The van der Waals surface area contributed by atoms with Crippen LogP contribution in [0, 0.1) is 5.92 Å². The second-order valence-electron chi connectivity index (χ2n) is 5.51. The van der Waals surface area contributed by atoms with Gasteiger partial charge < -0.3 is 10.0 Å². The fraction of sp³-hybridized carbons (Fsp3) is 0.562. The lowest BCUT2D eigenvalue weighted by atomic mass is 9.75. The van der Waals surface area contributed by atoms with Crippen molar-refractivity contribution in [2.45, 2.75) is 38.1 Å². The largest absolute Gasteiger partial charge is 0.481 e. The highest BCUT2D eigenvalue weighted by Gasteiger charge is 2.37. The molecular weight excluding hydrogens is 238 g/mol. The molecule has 0 amide bonds. The molecule has 3 unspecified atom stereocenters. The summed E-state index contributed by atoms with van der Waals surface area (Å²) >= 11 is 0. The van der Waals surface area contributed by atoms with Crippen LogP contribution in [0.5, 0.6) is 0 Å². The number of carboxylic acids is 1. The molecule has 0 radical (unpaired) electrons. The van der Waals surface area contributed by atoms with Crippen LogP contribution in [-0.2, 0) is 4.79 Å². The molecule has 1 aromatic rings. The number of benzene rings is 1. The van der Waals surface area contributed by atoms with Crippen LogP contribution in [0.1, 0.15) is 37.7 Å². The third-order valence-corrected chi connectivity index (χ3v) is 4.47. The Labute approximate surface area is 115 Å². The van der Waals surface area contributed by atoms with Crippen molar-refractivity contribution in [1.29, 1.82) is 0 Å². The Balaban J connectivity index is 2.15. The normalized spacial score (nSPS) is 27.4. The van der Waals surface area contributed by atoms with E-state index in [1.165, 1.54) is 5.56 Å². The molecule has 1 N–H and O–H groups in total. The molecule has 1 aromatic carbocycles. The quantitative estimate of drug-likeness (QED) is 0.906. The zero-order chi connectivity index (χ0) is 13.8. The van der Waals surface area contributed by atoms with E-state index < -0.39 is 5.97 Å². The minimum atomic E-state index is -0.642. The number of nitrogens with zero attached hydrogens (tertiary/aromatic N) is 1. The molecule has 19 heavy (non-hydrogen) atoms. The van der Waals surface area contributed by atoms with Gasteiger partial charge in [-0.05, 0) is 44.3 Å². The maximum Gasteiger partial charge on any atom is 0.308 e. The maximum absolute atomic E-state index is 11.4. The van der Waals surface area contributed by atoms with Crippen molar-refractivity contribution in [2.75, 3.05) is 13.6 Å². The molecule has 0 spiro atoms. The molecule has 3 nitrogen and oxygen atoms in total. The number of rotatable bonds is 4. The summed E-state index contributed by atoms with van der Waals surface area (Å²) in [6, 6.07) is 10.6. The van der Waals surface area contributed by atoms with Gasteiger partial charge >= 0.3 is 5.97 Å². The zero-order valence-electron chi connectivity index (χ0n) is 11.7. The molecule has 1 aliphatic rings. The van der Waals surface area contributed by atoms with E-state index in [0.29, 0.717) is 5.92 Å². The molecule has 1 aliphatic carbocycles. The molecule has 1 saturated carbocycles. The fourth-order valence-corrected chi connectivity index (χ4v) is 3.18. The standard InChI is InChI=1S/C16H23NO2/c1-3-17(2)15-11-13(9-10-14(15)16(18)19)12-7-5-4-6-8-12/h4-8,13-15H,3,9-11H2,1-2H3,(H,18,19). The van der Waals surface area contributed by atoms with Gasteiger partial charge in [0.1, 0.15) is 0 Å². The van der Waals surface area contributed by atoms with Gasteiger partial charge in [0.25, 0.3) is 0 Å². The second-order valence-corrected chi connectivity index (χ2v) is 5.51. The van der Waals surface area contributed by atoms with Crippen molar-refractivity contribution in [1.82, 2.24) is 4.90 Å². The van der Waals surface area contributed by atoms with Crippen LogP contribution in [0.4, 0.5) is 0 Å². The Morgan fingerprint density at radius 2 is 2.00 bits per heavy atom. The van der Waals surface area contributed by atoms with Gasteiger partial charge in [0, 0.05) is 6.04 Å². The lowest BCUT2D eigenvalue weighted by Gasteiger charge is -2.39. The summed E-state index contributed by atoms with van der Waals surface area (Å²) < 4.78 is 0. The number of carbonyl (C=O) groups is 1. The summed E-state index contributed by atoms with van der Waals surface area (Å²) in [5.41, 5.74) is 1.35. The van der Waals surface area contributed by atoms with Crippen LogP contribution < -0.4 is 0 Å². The van der Waals surface area contributed by atoms with E-state index in [-0.39, 0.29) is 12.0 Å². The third kappa shape index (κ3) is 3.16. The highest BCUT2D eigenvalue weighted by molar-refractivity contribution is 5.71. The average molecular weight is 261 g/mol. The molecule has 0 aromatic heterocycles. The molecule has 0 aliphatic heterocycles. The smallest absolute Gasteiger partial charge is 0.308 e. The lowest BCUT2D eigenvalue weighted by molar-refractivity contribution is -0.145. The zero-order valence-corrected chi connectivity index (χ0v) is 11.7. The second kappa shape index (κ2) is 6.20. The van der Waals surface area contributed by atoms with Crippen LogP contribution in [-0.4, -0.2) is 35.6 Å². The minimum absolute atomic E-state index is 0.154. The van der Waals surface area contributed by atoms with Crippen LogP contribution >= 0.6 is 0 Å². The highest BCUT2D eigenvalue weighted by Crippen LogP contribution is 2.37. The van der Waals surface area contributed by atoms with Gasteiger partial charge in [-0.1, -0.05) is 37.3 Å². The number of hydrogen-bond acceptors (Lipinski definition) is 2. The summed E-state index contributed by atoms with van der Waals surface area (Å²) in [6.07, 6.45) is 2.71. The van der Waals surface area contributed by atoms with Gasteiger partial charge in [-0.25, -0.2) is 0 Å². The van der Waals surface area contributed by atoms with Crippen LogP contribution in [0.2, 0.25) is 0 Å². The number of aliphatic carboxylic acids is 1. The Morgan fingerprint density at radius 3 is 2.58 bits per heavy atom. The predicted molar refractivity (Wildman–Crippen MR) is 76.3 cm³/mol. The first kappa shape index (κ1) is 14.1. The highest BCUT2D eigenvalue weighted by atomic mass is 16.4. The first-order valence-electron chi connectivity index (χ1n) is 7.11. The summed E-state index contributed by atoms with van der Waals surface area (Å²) in [4.78, 5) is 13.6. The van der Waals surface area contributed by atoms with Gasteiger partial charge in [0.2, 0.25) is 0 Å². The van der Waals surface area contributed by atoms with E-state index in [2.05, 4.69) is 36.1 Å². The minimum Gasteiger partial charge on any atom is -0.481 e. The van der Waals surface area contributed by atoms with E-state index in [1.807, 2.05) is 13.1 Å². The van der Waals surface area contributed by atoms with Crippen LogP contribution in [0.15, 0.2) is 30.3 Å². The van der Waals surface area contributed by atoms with E-state index in [4.69, 9.17) is 0 Å². The third-order valence-electron chi connectivity index (χ3n) is 4.47. The molecule has 0 bridgehead atoms. The van der Waals surface area contributed by atoms with Gasteiger partial charge in [-0.15, -0.1) is 0 Å². The van der Waals surface area contributed by atoms with Gasteiger partial charge in [-0.3, -0.25) is 4.79 Å². The molecule has 2 rings (SSSR count). The molecule has 104 valence electrons. The van der Waals surface area contributed by atoms with Crippen LogP contribution in [0.3, 0.4) is 0 Å². The Kier molecular flexibility index (Phi) is 4.59. The average Bonchev–Trinajstić information content (AvgIpc) is 2.46. The fourth-order valence-electron chi connectivity index (χ4n) is 3.18. The first-order valence-corrected chi connectivity index (χ1v) is 7.11. The SMILES string of the molecule is CCN(C)C1CC(c2ccccc2)CCC1C(=O)O. The van der Waals surface area contributed by atoms with E-state index in [1.54, 1.807) is 0 Å². The molecule has 3 heteroatoms. The summed E-state index contributed by atoms with van der Waals surface area (Å²) in [5, 5.41) is 9.38. The van der Waals surface area contributed by atoms with Gasteiger partial charge in [0.15, 0.2) is 0 Å². The summed E-state index contributed by atoms with van der Waals surface area (Å²) in [7, 11) is 2.04.